The van der Waals surface area contributed by atoms with Gasteiger partial charge in [0.1, 0.15) is 0 Å². The number of likely N-dealkylation sites (tertiary alicyclic amines) is 1. The number of hydrogen-bond donors (Lipinski definition) is 1. The van der Waals surface area contributed by atoms with Crippen LogP contribution in [0.1, 0.15) is 51.5 Å². The number of nitrogens with zero attached hydrogens (tertiary/aromatic N) is 3. The second-order valence-corrected chi connectivity index (χ2v) is 8.70. The summed E-state index contributed by atoms with van der Waals surface area (Å²) in [5.74, 6) is 0. The number of benzene rings is 1. The van der Waals surface area contributed by atoms with Crippen LogP contribution in [0.2, 0.25) is 0 Å². The zero-order chi connectivity index (χ0) is 19.3. The number of nitrogens with one attached hydrogen (secondary N) is 1. The average molecular weight is 373 g/mol. The molecule has 2 aliphatic rings. The Kier molecular flexibility index (Phi) is 6.64. The van der Waals surface area contributed by atoms with E-state index in [-0.39, 0.29) is 11.6 Å². The van der Waals surface area contributed by atoms with E-state index in [1.807, 2.05) is 7.05 Å². The molecule has 0 saturated carbocycles. The maximum atomic E-state index is 12.7. The highest BCUT2D eigenvalue weighted by Crippen LogP contribution is 2.25. The van der Waals surface area contributed by atoms with Crippen molar-refractivity contribution < 1.29 is 4.79 Å². The van der Waals surface area contributed by atoms with Gasteiger partial charge in [-0.1, -0.05) is 24.6 Å². The lowest BCUT2D eigenvalue weighted by Crippen LogP contribution is -2.54. The third-order valence-corrected chi connectivity index (χ3v) is 6.08. The Labute approximate surface area is 164 Å². The SMILES string of the molecule is CN(Cc1ccccc1N1CCCC1)C(=O)NCC(C)(C)N1CCCCC1. The fourth-order valence-corrected chi connectivity index (χ4v) is 4.28. The predicted molar refractivity (Wildman–Crippen MR) is 112 cm³/mol. The second kappa shape index (κ2) is 8.96. The number of urea groups is 1. The van der Waals surface area contributed by atoms with Crippen LogP contribution in [-0.4, -0.2) is 61.1 Å². The number of carbonyl (C=O) groups is 1. The molecule has 1 N–H and O–H groups in total. The fourth-order valence-electron chi connectivity index (χ4n) is 4.28. The van der Waals surface area contributed by atoms with Crippen LogP contribution >= 0.6 is 0 Å². The highest BCUT2D eigenvalue weighted by Gasteiger charge is 2.28. The van der Waals surface area contributed by atoms with Crippen molar-refractivity contribution >= 4 is 11.7 Å². The van der Waals surface area contributed by atoms with E-state index in [1.54, 1.807) is 4.90 Å². The van der Waals surface area contributed by atoms with Gasteiger partial charge < -0.3 is 15.1 Å². The summed E-state index contributed by atoms with van der Waals surface area (Å²) in [5.41, 5.74) is 2.51. The van der Waals surface area contributed by atoms with E-state index in [1.165, 1.54) is 43.4 Å². The van der Waals surface area contributed by atoms with Crippen LogP contribution in [0.25, 0.3) is 0 Å². The lowest BCUT2D eigenvalue weighted by atomic mass is 9.98. The van der Waals surface area contributed by atoms with Gasteiger partial charge in [-0.25, -0.2) is 4.79 Å². The normalized spacial score (nSPS) is 18.6. The molecule has 0 aromatic heterocycles. The third kappa shape index (κ3) is 5.16. The van der Waals surface area contributed by atoms with Gasteiger partial charge in [0.15, 0.2) is 0 Å². The molecule has 0 bridgehead atoms. The number of piperidine rings is 1. The third-order valence-electron chi connectivity index (χ3n) is 6.08. The number of amides is 2. The number of anilines is 1. The van der Waals surface area contributed by atoms with E-state index in [0.717, 1.165) is 26.2 Å². The molecule has 5 heteroatoms. The van der Waals surface area contributed by atoms with E-state index in [4.69, 9.17) is 0 Å². The number of rotatable bonds is 6. The van der Waals surface area contributed by atoms with Gasteiger partial charge in [0.2, 0.25) is 0 Å². The van der Waals surface area contributed by atoms with Crippen LogP contribution < -0.4 is 10.2 Å². The predicted octanol–water partition coefficient (Wildman–Crippen LogP) is 3.69. The molecule has 2 amide bonds. The summed E-state index contributed by atoms with van der Waals surface area (Å²) < 4.78 is 0. The molecule has 27 heavy (non-hydrogen) atoms. The lowest BCUT2D eigenvalue weighted by molar-refractivity contribution is 0.0943. The van der Waals surface area contributed by atoms with Crippen molar-refractivity contribution in [2.24, 2.45) is 0 Å². The summed E-state index contributed by atoms with van der Waals surface area (Å²) in [6.45, 7) is 10.3. The van der Waals surface area contributed by atoms with Crippen molar-refractivity contribution in [3.05, 3.63) is 29.8 Å². The fraction of sp³-hybridized carbons (Fsp3) is 0.682. The molecule has 2 saturated heterocycles. The Hall–Kier alpha value is -1.75. The molecule has 150 valence electrons. The summed E-state index contributed by atoms with van der Waals surface area (Å²) in [5, 5.41) is 3.16. The van der Waals surface area contributed by atoms with E-state index >= 15 is 0 Å². The minimum Gasteiger partial charge on any atom is -0.371 e. The smallest absolute Gasteiger partial charge is 0.317 e. The lowest BCUT2D eigenvalue weighted by Gasteiger charge is -2.41. The van der Waals surface area contributed by atoms with Crippen molar-refractivity contribution in [3.63, 3.8) is 0 Å². The summed E-state index contributed by atoms with van der Waals surface area (Å²) >= 11 is 0. The van der Waals surface area contributed by atoms with Gasteiger partial charge in [0.05, 0.1) is 0 Å². The Morgan fingerprint density at radius 2 is 1.67 bits per heavy atom. The van der Waals surface area contributed by atoms with Gasteiger partial charge in [-0.2, -0.15) is 0 Å². The zero-order valence-electron chi connectivity index (χ0n) is 17.3. The minimum absolute atomic E-state index is 0.00434. The van der Waals surface area contributed by atoms with Gasteiger partial charge in [0, 0.05) is 44.5 Å². The molecule has 2 fully saturated rings. The summed E-state index contributed by atoms with van der Waals surface area (Å²) in [6.07, 6.45) is 6.39. The van der Waals surface area contributed by atoms with Crippen molar-refractivity contribution in [3.8, 4) is 0 Å². The highest BCUT2D eigenvalue weighted by molar-refractivity contribution is 5.74. The monoisotopic (exact) mass is 372 g/mol. The van der Waals surface area contributed by atoms with Crippen LogP contribution in [0.4, 0.5) is 10.5 Å². The van der Waals surface area contributed by atoms with Gasteiger partial charge >= 0.3 is 6.03 Å². The standard InChI is InChI=1S/C22H36N4O/c1-22(2,26-15-7-4-8-16-26)18-23-21(27)24(3)17-19-11-5-6-12-20(19)25-13-9-10-14-25/h5-6,11-12H,4,7-10,13-18H2,1-3H3,(H,23,27). The second-order valence-electron chi connectivity index (χ2n) is 8.70. The van der Waals surface area contributed by atoms with Crippen LogP contribution in [0.3, 0.4) is 0 Å². The molecular weight excluding hydrogens is 336 g/mol. The van der Waals surface area contributed by atoms with Gasteiger partial charge in [-0.3, -0.25) is 4.90 Å². The molecule has 0 spiro atoms. The molecule has 5 nitrogen and oxygen atoms in total. The van der Waals surface area contributed by atoms with E-state index in [2.05, 4.69) is 53.2 Å². The maximum Gasteiger partial charge on any atom is 0.317 e. The molecule has 0 atom stereocenters. The van der Waals surface area contributed by atoms with Crippen LogP contribution in [0, 0.1) is 0 Å². The Balaban J connectivity index is 1.55. The summed E-state index contributed by atoms with van der Waals surface area (Å²) in [6, 6.07) is 8.51. The van der Waals surface area contributed by atoms with Crippen LogP contribution in [0.5, 0.6) is 0 Å². The molecule has 0 aliphatic carbocycles. The molecule has 1 aromatic rings. The van der Waals surface area contributed by atoms with Crippen molar-refractivity contribution in [1.82, 2.24) is 15.1 Å². The average Bonchev–Trinajstić information content (AvgIpc) is 3.22. The topological polar surface area (TPSA) is 38.8 Å². The van der Waals surface area contributed by atoms with Gasteiger partial charge in [-0.05, 0) is 64.3 Å². The molecular formula is C22H36N4O. The first-order valence-corrected chi connectivity index (χ1v) is 10.5. The number of hydrogen-bond acceptors (Lipinski definition) is 3. The molecule has 0 radical (unpaired) electrons. The molecule has 1 aromatic carbocycles. The van der Waals surface area contributed by atoms with Crippen LogP contribution in [0.15, 0.2) is 24.3 Å². The first kappa shape index (κ1) is 20.0. The molecule has 2 aliphatic heterocycles. The van der Waals surface area contributed by atoms with E-state index < -0.39 is 0 Å². The van der Waals surface area contributed by atoms with E-state index in [9.17, 15) is 4.79 Å². The largest absolute Gasteiger partial charge is 0.371 e. The summed E-state index contributed by atoms with van der Waals surface area (Å²) in [4.78, 5) is 19.5. The first-order chi connectivity index (χ1) is 13.0. The zero-order valence-corrected chi connectivity index (χ0v) is 17.3. The van der Waals surface area contributed by atoms with Crippen LogP contribution in [-0.2, 0) is 6.54 Å². The highest BCUT2D eigenvalue weighted by atomic mass is 16.2. The van der Waals surface area contributed by atoms with Gasteiger partial charge in [-0.15, -0.1) is 0 Å². The Morgan fingerprint density at radius 3 is 2.37 bits per heavy atom. The molecule has 0 unspecified atom stereocenters. The minimum atomic E-state index is 0.00434. The van der Waals surface area contributed by atoms with E-state index in [0.29, 0.717) is 13.1 Å². The van der Waals surface area contributed by atoms with Crippen molar-refractivity contribution in [1.29, 1.82) is 0 Å². The Bertz CT molecular complexity index is 618. The Morgan fingerprint density at radius 1 is 1.04 bits per heavy atom. The quantitative estimate of drug-likeness (QED) is 0.828. The molecule has 3 rings (SSSR count). The van der Waals surface area contributed by atoms with Crippen molar-refractivity contribution in [2.45, 2.75) is 58.0 Å². The maximum absolute atomic E-state index is 12.7. The summed E-state index contributed by atoms with van der Waals surface area (Å²) in [7, 11) is 1.89. The number of para-hydroxylation sites is 1. The first-order valence-electron chi connectivity index (χ1n) is 10.5. The number of carbonyl (C=O) groups excluding carboxylic acids is 1. The van der Waals surface area contributed by atoms with Crippen molar-refractivity contribution in [2.75, 3.05) is 44.7 Å². The van der Waals surface area contributed by atoms with Gasteiger partial charge in [0.25, 0.3) is 0 Å². The molecule has 2 heterocycles.